The molecule has 0 saturated heterocycles. The lowest BCUT2D eigenvalue weighted by Crippen LogP contribution is -2.48. The molecule has 4 nitrogen and oxygen atoms in total. The van der Waals surface area contributed by atoms with Gasteiger partial charge in [0.15, 0.2) is 0 Å². The van der Waals surface area contributed by atoms with Crippen molar-refractivity contribution in [2.45, 2.75) is 77.5 Å². The number of nitrogens with one attached hydrogen (secondary N) is 2. The molecule has 112 valence electrons. The van der Waals surface area contributed by atoms with Crippen molar-refractivity contribution in [1.29, 1.82) is 0 Å². The quantitative estimate of drug-likeness (QED) is 0.661. The van der Waals surface area contributed by atoms with Gasteiger partial charge in [0.2, 0.25) is 5.91 Å². The molecule has 19 heavy (non-hydrogen) atoms. The molecule has 3 N–H and O–H groups in total. The number of amides is 1. The third kappa shape index (κ3) is 6.92. The largest absolute Gasteiger partial charge is 0.392 e. The van der Waals surface area contributed by atoms with Gasteiger partial charge < -0.3 is 15.7 Å². The Bertz CT molecular complexity index is 263. The van der Waals surface area contributed by atoms with E-state index in [-0.39, 0.29) is 18.1 Å². The highest BCUT2D eigenvalue weighted by Crippen LogP contribution is 2.17. The second-order valence-electron chi connectivity index (χ2n) is 6.26. The fourth-order valence-electron chi connectivity index (χ4n) is 2.61. The number of aliphatic hydroxyl groups is 1. The molecule has 0 spiro atoms. The van der Waals surface area contributed by atoms with Gasteiger partial charge in [0.1, 0.15) is 0 Å². The minimum atomic E-state index is -0.370. The van der Waals surface area contributed by atoms with E-state index in [1.807, 2.05) is 6.92 Å². The Labute approximate surface area is 117 Å². The second-order valence-corrected chi connectivity index (χ2v) is 6.26. The molecule has 1 amide bonds. The number of carbonyl (C=O) groups is 1. The summed E-state index contributed by atoms with van der Waals surface area (Å²) in [5, 5.41) is 16.0. The normalized spacial score (nSPS) is 20.3. The molecule has 1 aliphatic rings. The standard InChI is InChI=1S/C15H30N2O2/c1-11(2)9-14(18)10-16-12(3)15(19)17-13-7-5-4-6-8-13/h11-14,16,18H,4-10H2,1-3H3,(H,17,19). The molecule has 0 aromatic rings. The van der Waals surface area contributed by atoms with Crippen LogP contribution in [0.3, 0.4) is 0 Å². The second kappa shape index (κ2) is 8.54. The first-order chi connectivity index (χ1) is 8.99. The van der Waals surface area contributed by atoms with E-state index in [4.69, 9.17) is 0 Å². The van der Waals surface area contributed by atoms with Crippen LogP contribution in [0, 0.1) is 5.92 Å². The van der Waals surface area contributed by atoms with E-state index in [0.29, 0.717) is 18.5 Å². The summed E-state index contributed by atoms with van der Waals surface area (Å²) in [7, 11) is 0. The Balaban J connectivity index is 2.20. The first-order valence-electron chi connectivity index (χ1n) is 7.71. The minimum Gasteiger partial charge on any atom is -0.392 e. The topological polar surface area (TPSA) is 61.4 Å². The number of hydrogen-bond acceptors (Lipinski definition) is 3. The van der Waals surface area contributed by atoms with Crippen molar-refractivity contribution in [3.63, 3.8) is 0 Å². The summed E-state index contributed by atoms with van der Waals surface area (Å²) in [6.45, 7) is 6.52. The lowest BCUT2D eigenvalue weighted by molar-refractivity contribution is -0.123. The van der Waals surface area contributed by atoms with E-state index in [9.17, 15) is 9.90 Å². The number of carbonyl (C=O) groups excluding carboxylic acids is 1. The van der Waals surface area contributed by atoms with Crippen molar-refractivity contribution in [3.05, 3.63) is 0 Å². The van der Waals surface area contributed by atoms with Crippen LogP contribution in [-0.2, 0) is 4.79 Å². The molecule has 1 saturated carbocycles. The molecule has 0 bridgehead atoms. The van der Waals surface area contributed by atoms with E-state index in [1.54, 1.807) is 0 Å². The first-order valence-corrected chi connectivity index (χ1v) is 7.71. The van der Waals surface area contributed by atoms with Crippen molar-refractivity contribution < 1.29 is 9.90 Å². The zero-order chi connectivity index (χ0) is 14.3. The van der Waals surface area contributed by atoms with E-state index in [1.165, 1.54) is 19.3 Å². The van der Waals surface area contributed by atoms with Crippen LogP contribution in [-0.4, -0.2) is 35.7 Å². The molecule has 0 aliphatic heterocycles. The lowest BCUT2D eigenvalue weighted by Gasteiger charge is -2.25. The van der Waals surface area contributed by atoms with Gasteiger partial charge in [-0.15, -0.1) is 0 Å². The average molecular weight is 270 g/mol. The zero-order valence-corrected chi connectivity index (χ0v) is 12.6. The van der Waals surface area contributed by atoms with Crippen LogP contribution >= 0.6 is 0 Å². The highest BCUT2D eigenvalue weighted by atomic mass is 16.3. The van der Waals surface area contributed by atoms with Crippen LogP contribution < -0.4 is 10.6 Å². The average Bonchev–Trinajstić information content (AvgIpc) is 2.36. The third-order valence-corrected chi connectivity index (χ3v) is 3.75. The summed E-state index contributed by atoms with van der Waals surface area (Å²) in [6.07, 6.45) is 6.35. The molecule has 0 radical (unpaired) electrons. The van der Waals surface area contributed by atoms with Gasteiger partial charge in [-0.1, -0.05) is 33.1 Å². The van der Waals surface area contributed by atoms with Crippen molar-refractivity contribution in [2.75, 3.05) is 6.54 Å². The Morgan fingerprint density at radius 2 is 1.84 bits per heavy atom. The molecule has 2 unspecified atom stereocenters. The summed E-state index contributed by atoms with van der Waals surface area (Å²) >= 11 is 0. The van der Waals surface area contributed by atoms with Gasteiger partial charge in [-0.25, -0.2) is 0 Å². The van der Waals surface area contributed by atoms with Gasteiger partial charge in [-0.2, -0.15) is 0 Å². The van der Waals surface area contributed by atoms with Crippen LogP contribution in [0.5, 0.6) is 0 Å². The highest BCUT2D eigenvalue weighted by Gasteiger charge is 2.19. The van der Waals surface area contributed by atoms with E-state index >= 15 is 0 Å². The first kappa shape index (κ1) is 16.4. The van der Waals surface area contributed by atoms with Crippen LogP contribution in [0.2, 0.25) is 0 Å². The maximum Gasteiger partial charge on any atom is 0.237 e. The fraction of sp³-hybridized carbons (Fsp3) is 0.933. The maximum atomic E-state index is 12.0. The highest BCUT2D eigenvalue weighted by molar-refractivity contribution is 5.81. The summed E-state index contributed by atoms with van der Waals surface area (Å²) in [6, 6.07) is 0.120. The maximum absolute atomic E-state index is 12.0. The summed E-state index contributed by atoms with van der Waals surface area (Å²) in [5.74, 6) is 0.534. The van der Waals surface area contributed by atoms with E-state index in [0.717, 1.165) is 19.3 Å². The summed E-state index contributed by atoms with van der Waals surface area (Å²) in [5.41, 5.74) is 0. The Hall–Kier alpha value is -0.610. The molecule has 1 fully saturated rings. The molecule has 4 heteroatoms. The molecule has 0 aromatic carbocycles. The fourth-order valence-corrected chi connectivity index (χ4v) is 2.61. The SMILES string of the molecule is CC(C)CC(O)CNC(C)C(=O)NC1CCCCC1. The smallest absolute Gasteiger partial charge is 0.237 e. The molecule has 0 aromatic heterocycles. The third-order valence-electron chi connectivity index (χ3n) is 3.75. The van der Waals surface area contributed by atoms with Gasteiger partial charge >= 0.3 is 0 Å². The van der Waals surface area contributed by atoms with E-state index < -0.39 is 0 Å². The molecule has 1 rings (SSSR count). The van der Waals surface area contributed by atoms with Crippen molar-refractivity contribution in [1.82, 2.24) is 10.6 Å². The molecule has 0 heterocycles. The molecule has 1 aliphatic carbocycles. The van der Waals surface area contributed by atoms with Crippen molar-refractivity contribution >= 4 is 5.91 Å². The van der Waals surface area contributed by atoms with Crippen molar-refractivity contribution in [2.24, 2.45) is 5.92 Å². The molecular formula is C15H30N2O2. The summed E-state index contributed by atoms with van der Waals surface area (Å²) in [4.78, 5) is 12.0. The van der Waals surface area contributed by atoms with Crippen LogP contribution in [0.25, 0.3) is 0 Å². The van der Waals surface area contributed by atoms with Gasteiger partial charge in [-0.3, -0.25) is 4.79 Å². The zero-order valence-electron chi connectivity index (χ0n) is 12.6. The van der Waals surface area contributed by atoms with Gasteiger partial charge in [-0.05, 0) is 32.1 Å². The van der Waals surface area contributed by atoms with E-state index in [2.05, 4.69) is 24.5 Å². The number of rotatable bonds is 7. The Kier molecular flexibility index (Phi) is 7.39. The van der Waals surface area contributed by atoms with Gasteiger partial charge in [0, 0.05) is 12.6 Å². The monoisotopic (exact) mass is 270 g/mol. The minimum absolute atomic E-state index is 0.0589. The Morgan fingerprint density at radius 1 is 1.21 bits per heavy atom. The lowest BCUT2D eigenvalue weighted by atomic mass is 9.95. The summed E-state index contributed by atoms with van der Waals surface area (Å²) < 4.78 is 0. The van der Waals surface area contributed by atoms with Gasteiger partial charge in [0.05, 0.1) is 12.1 Å². The van der Waals surface area contributed by atoms with Gasteiger partial charge in [0.25, 0.3) is 0 Å². The number of aliphatic hydroxyl groups excluding tert-OH is 1. The van der Waals surface area contributed by atoms with Crippen LogP contribution in [0.15, 0.2) is 0 Å². The van der Waals surface area contributed by atoms with Crippen molar-refractivity contribution in [3.8, 4) is 0 Å². The predicted octanol–water partition coefficient (Wildman–Crippen LogP) is 1.82. The number of hydrogen-bond donors (Lipinski definition) is 3. The Morgan fingerprint density at radius 3 is 2.42 bits per heavy atom. The predicted molar refractivity (Wildman–Crippen MR) is 77.9 cm³/mol. The van der Waals surface area contributed by atoms with Crippen LogP contribution in [0.4, 0.5) is 0 Å². The molecular weight excluding hydrogens is 240 g/mol. The van der Waals surface area contributed by atoms with Crippen LogP contribution in [0.1, 0.15) is 59.3 Å². The molecule has 2 atom stereocenters.